The van der Waals surface area contributed by atoms with E-state index in [1.165, 1.54) is 11.1 Å². The number of aromatic nitrogens is 2. The third-order valence-corrected chi connectivity index (χ3v) is 4.93. The first-order valence-corrected chi connectivity index (χ1v) is 9.29. The molecule has 1 N–H and O–H groups in total. The van der Waals surface area contributed by atoms with E-state index in [1.54, 1.807) is 17.5 Å². The van der Waals surface area contributed by atoms with E-state index in [1.807, 2.05) is 30.6 Å². The zero-order valence-corrected chi connectivity index (χ0v) is 14.7. The van der Waals surface area contributed by atoms with Crippen molar-refractivity contribution in [3.8, 4) is 5.88 Å². The number of nitrogens with zero attached hydrogens (tertiary/aromatic N) is 3. The zero-order chi connectivity index (χ0) is 16.9. The number of hydrogen-bond acceptors (Lipinski definition) is 6. The normalized spacial score (nSPS) is 14.4. The highest BCUT2D eigenvalue weighted by atomic mass is 32.1. The van der Waals surface area contributed by atoms with Gasteiger partial charge in [-0.1, -0.05) is 6.07 Å². The molecule has 0 amide bonds. The smallest absolute Gasteiger partial charge is 0.213 e. The zero-order valence-electron chi connectivity index (χ0n) is 13.9. The van der Waals surface area contributed by atoms with Gasteiger partial charge in [0.25, 0.3) is 0 Å². The van der Waals surface area contributed by atoms with Crippen LogP contribution in [0.15, 0.2) is 53.6 Å². The van der Waals surface area contributed by atoms with E-state index in [0.717, 1.165) is 37.4 Å². The Morgan fingerprint density at radius 3 is 3.08 bits per heavy atom. The fourth-order valence-electron chi connectivity index (χ4n) is 2.93. The average Bonchev–Trinajstić information content (AvgIpc) is 3.07. The van der Waals surface area contributed by atoms with Gasteiger partial charge in [-0.25, -0.2) is 4.98 Å². The minimum absolute atomic E-state index is 0.478. The van der Waals surface area contributed by atoms with Gasteiger partial charge in [-0.05, 0) is 34.0 Å². The summed E-state index contributed by atoms with van der Waals surface area (Å²) in [6.07, 6.45) is 5.45. The lowest BCUT2D eigenvalue weighted by atomic mass is 10.2. The summed E-state index contributed by atoms with van der Waals surface area (Å²) in [6.45, 7) is 4.28. The van der Waals surface area contributed by atoms with Gasteiger partial charge in [-0.3, -0.25) is 9.88 Å². The second kappa shape index (κ2) is 7.63. The molecule has 0 unspecified atom stereocenters. The third kappa shape index (κ3) is 4.15. The van der Waals surface area contributed by atoms with E-state index in [-0.39, 0.29) is 0 Å². The Kier molecular flexibility index (Phi) is 4.90. The molecule has 4 heterocycles. The van der Waals surface area contributed by atoms with E-state index in [9.17, 15) is 0 Å². The predicted molar refractivity (Wildman–Crippen MR) is 99.7 cm³/mol. The molecule has 0 spiro atoms. The van der Waals surface area contributed by atoms with Crippen molar-refractivity contribution in [3.63, 3.8) is 0 Å². The molecule has 3 aromatic heterocycles. The molecule has 6 heteroatoms. The third-order valence-electron chi connectivity index (χ3n) is 4.20. The van der Waals surface area contributed by atoms with Crippen LogP contribution in [0.4, 0.5) is 5.69 Å². The van der Waals surface area contributed by atoms with Crippen LogP contribution >= 0.6 is 11.3 Å². The lowest BCUT2D eigenvalue weighted by Crippen LogP contribution is -2.25. The highest BCUT2D eigenvalue weighted by molar-refractivity contribution is 7.07. The van der Waals surface area contributed by atoms with Crippen molar-refractivity contribution in [2.75, 3.05) is 18.4 Å². The number of hydrogen-bond donors (Lipinski definition) is 1. The van der Waals surface area contributed by atoms with Crippen LogP contribution in [0.1, 0.15) is 16.7 Å². The van der Waals surface area contributed by atoms with Gasteiger partial charge in [0, 0.05) is 50.2 Å². The van der Waals surface area contributed by atoms with Gasteiger partial charge in [-0.15, -0.1) is 0 Å². The van der Waals surface area contributed by atoms with Gasteiger partial charge in [-0.2, -0.15) is 11.3 Å². The summed E-state index contributed by atoms with van der Waals surface area (Å²) in [7, 11) is 0. The molecule has 25 heavy (non-hydrogen) atoms. The minimum Gasteiger partial charge on any atom is -0.473 e. The maximum absolute atomic E-state index is 5.84. The molecule has 3 aromatic rings. The maximum Gasteiger partial charge on any atom is 0.213 e. The number of anilines is 1. The molecule has 0 fully saturated rings. The Hall–Kier alpha value is -2.44. The number of thiophene rings is 1. The van der Waals surface area contributed by atoms with Gasteiger partial charge < -0.3 is 10.1 Å². The first-order valence-electron chi connectivity index (χ1n) is 8.35. The van der Waals surface area contributed by atoms with Crippen molar-refractivity contribution in [3.05, 3.63) is 70.3 Å². The quantitative estimate of drug-likeness (QED) is 0.761. The maximum atomic E-state index is 5.84. The molecule has 5 nitrogen and oxygen atoms in total. The molecule has 0 atom stereocenters. The van der Waals surface area contributed by atoms with Crippen LogP contribution in [0.5, 0.6) is 5.88 Å². The molecule has 0 saturated carbocycles. The number of fused-ring (bicyclic) bond motifs is 1. The van der Waals surface area contributed by atoms with Crippen LogP contribution in [0, 0.1) is 0 Å². The van der Waals surface area contributed by atoms with Gasteiger partial charge in [0.2, 0.25) is 5.88 Å². The van der Waals surface area contributed by atoms with Crippen molar-refractivity contribution in [1.82, 2.24) is 14.9 Å². The Morgan fingerprint density at radius 1 is 1.24 bits per heavy atom. The van der Waals surface area contributed by atoms with Crippen molar-refractivity contribution in [2.45, 2.75) is 19.7 Å². The highest BCUT2D eigenvalue weighted by Gasteiger charge is 2.16. The van der Waals surface area contributed by atoms with Crippen molar-refractivity contribution in [2.24, 2.45) is 0 Å². The van der Waals surface area contributed by atoms with Crippen LogP contribution in [0.3, 0.4) is 0 Å². The molecule has 1 aliphatic rings. The van der Waals surface area contributed by atoms with E-state index >= 15 is 0 Å². The Bertz CT molecular complexity index is 808. The monoisotopic (exact) mass is 352 g/mol. The van der Waals surface area contributed by atoms with Crippen molar-refractivity contribution < 1.29 is 4.74 Å². The molecule has 0 saturated heterocycles. The van der Waals surface area contributed by atoms with Crippen LogP contribution in [0.25, 0.3) is 0 Å². The second-order valence-corrected chi connectivity index (χ2v) is 6.88. The summed E-state index contributed by atoms with van der Waals surface area (Å²) >= 11 is 1.75. The van der Waals surface area contributed by atoms with Crippen LogP contribution in [-0.2, 0) is 19.7 Å². The molecule has 0 aromatic carbocycles. The number of rotatable bonds is 5. The minimum atomic E-state index is 0.478. The summed E-state index contributed by atoms with van der Waals surface area (Å²) in [5.41, 5.74) is 4.73. The van der Waals surface area contributed by atoms with Crippen LogP contribution in [-0.4, -0.2) is 28.0 Å². The molecular weight excluding hydrogens is 332 g/mol. The summed E-state index contributed by atoms with van der Waals surface area (Å²) < 4.78 is 5.84. The number of nitrogens with one attached hydrogen (secondary N) is 1. The molecule has 4 rings (SSSR count). The standard InChI is InChI=1S/C19H20N4OS/c1-2-15(9-20-4-1)13-24-19-8-17-12-23(11-16-3-7-25-14-16)6-5-21-18(17)10-22-19/h1-4,7-10,14,21H,5-6,11-13H2. The van der Waals surface area contributed by atoms with Gasteiger partial charge >= 0.3 is 0 Å². The number of pyridine rings is 2. The molecule has 0 radical (unpaired) electrons. The fraction of sp³-hybridized carbons (Fsp3) is 0.263. The van der Waals surface area contributed by atoms with E-state index in [2.05, 4.69) is 37.0 Å². The first-order chi connectivity index (χ1) is 12.4. The van der Waals surface area contributed by atoms with E-state index in [4.69, 9.17) is 4.74 Å². The van der Waals surface area contributed by atoms with Gasteiger partial charge in [0.15, 0.2) is 0 Å². The summed E-state index contributed by atoms with van der Waals surface area (Å²) in [4.78, 5) is 11.0. The van der Waals surface area contributed by atoms with Crippen LogP contribution < -0.4 is 10.1 Å². The predicted octanol–water partition coefficient (Wildman–Crippen LogP) is 3.54. The molecule has 0 aliphatic carbocycles. The molecule has 1 aliphatic heterocycles. The Morgan fingerprint density at radius 2 is 2.24 bits per heavy atom. The van der Waals surface area contributed by atoms with E-state index in [0.29, 0.717) is 12.5 Å². The largest absolute Gasteiger partial charge is 0.473 e. The SMILES string of the molecule is c1cncc(COc2cc3c(cn2)NCCN(Cc2ccsc2)C3)c1. The lowest BCUT2D eigenvalue weighted by molar-refractivity contribution is 0.269. The lowest BCUT2D eigenvalue weighted by Gasteiger charge is -2.19. The molecular formula is C19H20N4OS. The number of ether oxygens (including phenoxy) is 1. The van der Waals surface area contributed by atoms with Crippen LogP contribution in [0.2, 0.25) is 0 Å². The Balaban J connectivity index is 1.45. The summed E-state index contributed by atoms with van der Waals surface area (Å²) in [5, 5.41) is 7.82. The molecule has 0 bridgehead atoms. The highest BCUT2D eigenvalue weighted by Crippen LogP contribution is 2.24. The first kappa shape index (κ1) is 16.1. The average molecular weight is 352 g/mol. The van der Waals surface area contributed by atoms with E-state index < -0.39 is 0 Å². The Labute approximate surface area is 151 Å². The second-order valence-electron chi connectivity index (χ2n) is 6.10. The summed E-state index contributed by atoms with van der Waals surface area (Å²) in [5.74, 6) is 0.654. The molecule has 128 valence electrons. The van der Waals surface area contributed by atoms with Gasteiger partial charge in [0.1, 0.15) is 6.61 Å². The van der Waals surface area contributed by atoms with Gasteiger partial charge in [0.05, 0.1) is 11.9 Å². The summed E-state index contributed by atoms with van der Waals surface area (Å²) in [6, 6.07) is 8.15. The fourth-order valence-corrected chi connectivity index (χ4v) is 3.59. The van der Waals surface area contributed by atoms with Crippen molar-refractivity contribution >= 4 is 17.0 Å². The topological polar surface area (TPSA) is 50.3 Å². The van der Waals surface area contributed by atoms with Crippen molar-refractivity contribution in [1.29, 1.82) is 0 Å².